The normalized spacial score (nSPS) is 17.4. The van der Waals surface area contributed by atoms with Crippen LogP contribution in [0.25, 0.3) is 10.6 Å². The molecule has 1 aromatic carbocycles. The molecule has 1 atom stereocenters. The van der Waals surface area contributed by atoms with Gasteiger partial charge in [0.15, 0.2) is 11.5 Å². The van der Waals surface area contributed by atoms with Gasteiger partial charge in [-0.2, -0.15) is 0 Å². The summed E-state index contributed by atoms with van der Waals surface area (Å²) in [6.07, 6.45) is 1.79. The topological polar surface area (TPSA) is 46.3 Å². The highest BCUT2D eigenvalue weighted by molar-refractivity contribution is 7.13. The Labute approximate surface area is 142 Å². The average Bonchev–Trinajstić information content (AvgIpc) is 3.34. The van der Waals surface area contributed by atoms with Crippen molar-refractivity contribution in [3.05, 3.63) is 64.9 Å². The third kappa shape index (κ3) is 2.73. The van der Waals surface area contributed by atoms with E-state index in [2.05, 4.69) is 5.16 Å². The van der Waals surface area contributed by atoms with Crippen molar-refractivity contribution in [1.29, 1.82) is 0 Å². The van der Waals surface area contributed by atoms with E-state index in [0.29, 0.717) is 18.0 Å². The van der Waals surface area contributed by atoms with E-state index in [1.807, 2.05) is 17.5 Å². The van der Waals surface area contributed by atoms with Crippen LogP contribution in [0.3, 0.4) is 0 Å². The van der Waals surface area contributed by atoms with E-state index in [0.717, 1.165) is 23.3 Å². The number of halogens is 1. The zero-order valence-electron chi connectivity index (χ0n) is 12.8. The molecule has 122 valence electrons. The summed E-state index contributed by atoms with van der Waals surface area (Å²) in [5, 5.41) is 5.89. The van der Waals surface area contributed by atoms with Gasteiger partial charge in [-0.25, -0.2) is 4.39 Å². The maximum atomic E-state index is 13.1. The maximum absolute atomic E-state index is 13.1. The van der Waals surface area contributed by atoms with E-state index in [-0.39, 0.29) is 17.8 Å². The first-order valence-electron chi connectivity index (χ1n) is 7.79. The Morgan fingerprint density at radius 1 is 1.29 bits per heavy atom. The van der Waals surface area contributed by atoms with Crippen molar-refractivity contribution in [2.75, 3.05) is 6.54 Å². The summed E-state index contributed by atoms with van der Waals surface area (Å²) in [7, 11) is 0. The molecular formula is C18H15FN2O2S. The lowest BCUT2D eigenvalue weighted by Gasteiger charge is -2.24. The van der Waals surface area contributed by atoms with Crippen LogP contribution in [-0.4, -0.2) is 22.5 Å². The van der Waals surface area contributed by atoms with Gasteiger partial charge in [-0.1, -0.05) is 23.4 Å². The van der Waals surface area contributed by atoms with E-state index in [1.54, 1.807) is 23.1 Å². The van der Waals surface area contributed by atoms with E-state index >= 15 is 0 Å². The predicted octanol–water partition coefficient (Wildman–Crippen LogP) is 4.52. The number of carbonyl (C=O) groups excluding carboxylic acids is 1. The van der Waals surface area contributed by atoms with Gasteiger partial charge in [-0.05, 0) is 42.0 Å². The Morgan fingerprint density at radius 3 is 2.88 bits per heavy atom. The largest absolute Gasteiger partial charge is 0.355 e. The van der Waals surface area contributed by atoms with E-state index in [1.165, 1.54) is 23.5 Å². The minimum Gasteiger partial charge on any atom is -0.355 e. The van der Waals surface area contributed by atoms with Gasteiger partial charge >= 0.3 is 0 Å². The third-order valence-corrected chi connectivity index (χ3v) is 5.15. The molecule has 4 rings (SSSR count). The van der Waals surface area contributed by atoms with Crippen molar-refractivity contribution < 1.29 is 13.7 Å². The first-order chi connectivity index (χ1) is 11.7. The number of amides is 1. The molecular weight excluding hydrogens is 327 g/mol. The van der Waals surface area contributed by atoms with Crippen LogP contribution < -0.4 is 0 Å². The summed E-state index contributed by atoms with van der Waals surface area (Å²) >= 11 is 1.54. The van der Waals surface area contributed by atoms with Gasteiger partial charge in [0.25, 0.3) is 5.91 Å². The molecule has 1 aliphatic heterocycles. The Balaban J connectivity index is 1.58. The maximum Gasteiger partial charge on any atom is 0.276 e. The van der Waals surface area contributed by atoms with Crippen LogP contribution in [0.1, 0.15) is 34.9 Å². The molecule has 0 saturated carbocycles. The minimum absolute atomic E-state index is 0.0417. The minimum atomic E-state index is -0.272. The lowest BCUT2D eigenvalue weighted by Crippen LogP contribution is -2.30. The Morgan fingerprint density at radius 2 is 2.12 bits per heavy atom. The lowest BCUT2D eigenvalue weighted by molar-refractivity contribution is 0.0725. The standard InChI is InChI=1S/C18H15FN2O2S/c19-13-7-5-12(6-8-13)15-3-1-9-21(15)18(22)14-11-16(23-20-14)17-4-2-10-24-17/h2,4-8,10-11,15H,1,3,9H2. The van der Waals surface area contributed by atoms with Crippen molar-refractivity contribution in [1.82, 2.24) is 10.1 Å². The summed E-state index contributed by atoms with van der Waals surface area (Å²) in [5.74, 6) is 0.186. The Kier molecular flexibility index (Phi) is 3.90. The summed E-state index contributed by atoms with van der Waals surface area (Å²) in [5.41, 5.74) is 1.26. The number of rotatable bonds is 3. The molecule has 3 aromatic rings. The zero-order valence-corrected chi connectivity index (χ0v) is 13.6. The van der Waals surface area contributed by atoms with E-state index in [4.69, 9.17) is 4.52 Å². The quantitative estimate of drug-likeness (QED) is 0.703. The molecule has 4 nitrogen and oxygen atoms in total. The summed E-state index contributed by atoms with van der Waals surface area (Å²) in [4.78, 5) is 15.6. The molecule has 1 unspecified atom stereocenters. The van der Waals surface area contributed by atoms with Crippen molar-refractivity contribution in [2.45, 2.75) is 18.9 Å². The number of hydrogen-bond donors (Lipinski definition) is 0. The molecule has 1 amide bonds. The van der Waals surface area contributed by atoms with Crippen LogP contribution in [0.4, 0.5) is 4.39 Å². The second-order valence-electron chi connectivity index (χ2n) is 5.76. The van der Waals surface area contributed by atoms with Crippen molar-refractivity contribution >= 4 is 17.2 Å². The van der Waals surface area contributed by atoms with Crippen molar-refractivity contribution in [3.63, 3.8) is 0 Å². The number of hydrogen-bond acceptors (Lipinski definition) is 4. The molecule has 0 aliphatic carbocycles. The van der Waals surface area contributed by atoms with Crippen LogP contribution in [0, 0.1) is 5.82 Å². The Hall–Kier alpha value is -2.47. The number of carbonyl (C=O) groups is 1. The molecule has 1 fully saturated rings. The predicted molar refractivity (Wildman–Crippen MR) is 89.2 cm³/mol. The van der Waals surface area contributed by atoms with Gasteiger partial charge in [0.05, 0.1) is 10.9 Å². The second kappa shape index (κ2) is 6.20. The number of aromatic nitrogens is 1. The second-order valence-corrected chi connectivity index (χ2v) is 6.71. The van der Waals surface area contributed by atoms with Crippen molar-refractivity contribution in [3.8, 4) is 10.6 Å². The summed E-state index contributed by atoms with van der Waals surface area (Å²) in [6, 6.07) is 11.8. The fourth-order valence-electron chi connectivity index (χ4n) is 3.10. The highest BCUT2D eigenvalue weighted by Crippen LogP contribution is 2.34. The number of nitrogens with zero attached hydrogens (tertiary/aromatic N) is 2. The molecule has 0 spiro atoms. The molecule has 2 aromatic heterocycles. The van der Waals surface area contributed by atoms with Crippen LogP contribution in [0.5, 0.6) is 0 Å². The van der Waals surface area contributed by atoms with Crippen molar-refractivity contribution in [2.24, 2.45) is 0 Å². The van der Waals surface area contributed by atoms with Gasteiger partial charge < -0.3 is 9.42 Å². The first kappa shape index (κ1) is 15.1. The highest BCUT2D eigenvalue weighted by atomic mass is 32.1. The first-order valence-corrected chi connectivity index (χ1v) is 8.67. The molecule has 0 radical (unpaired) electrons. The molecule has 1 aliphatic rings. The molecule has 0 N–H and O–H groups in total. The zero-order chi connectivity index (χ0) is 16.5. The Bertz CT molecular complexity index is 842. The van der Waals surface area contributed by atoms with Crippen LogP contribution >= 0.6 is 11.3 Å². The molecule has 0 bridgehead atoms. The lowest BCUT2D eigenvalue weighted by atomic mass is 10.0. The smallest absolute Gasteiger partial charge is 0.276 e. The highest BCUT2D eigenvalue weighted by Gasteiger charge is 2.32. The van der Waals surface area contributed by atoms with Gasteiger partial charge in [0, 0.05) is 12.6 Å². The van der Waals surface area contributed by atoms with Crippen LogP contribution in [-0.2, 0) is 0 Å². The van der Waals surface area contributed by atoms with E-state index < -0.39 is 0 Å². The molecule has 3 heterocycles. The third-order valence-electron chi connectivity index (χ3n) is 4.26. The molecule has 24 heavy (non-hydrogen) atoms. The number of thiophene rings is 1. The van der Waals surface area contributed by atoms with Gasteiger partial charge in [0.1, 0.15) is 5.82 Å². The van der Waals surface area contributed by atoms with Gasteiger partial charge in [-0.3, -0.25) is 4.79 Å². The average molecular weight is 342 g/mol. The summed E-state index contributed by atoms with van der Waals surface area (Å²) < 4.78 is 18.4. The van der Waals surface area contributed by atoms with Crippen LogP contribution in [0.2, 0.25) is 0 Å². The number of likely N-dealkylation sites (tertiary alicyclic amines) is 1. The SMILES string of the molecule is O=C(c1cc(-c2cccs2)on1)N1CCCC1c1ccc(F)cc1. The number of benzene rings is 1. The van der Waals surface area contributed by atoms with E-state index in [9.17, 15) is 9.18 Å². The summed E-state index contributed by atoms with van der Waals surface area (Å²) in [6.45, 7) is 0.669. The fraction of sp³-hybridized carbons (Fsp3) is 0.222. The monoisotopic (exact) mass is 342 g/mol. The molecule has 1 saturated heterocycles. The molecule has 6 heteroatoms. The fourth-order valence-corrected chi connectivity index (χ4v) is 3.77. The van der Waals surface area contributed by atoms with Gasteiger partial charge in [-0.15, -0.1) is 11.3 Å². The van der Waals surface area contributed by atoms with Crippen LogP contribution in [0.15, 0.2) is 52.4 Å². The van der Waals surface area contributed by atoms with Gasteiger partial charge in [0.2, 0.25) is 0 Å².